The van der Waals surface area contributed by atoms with Crippen molar-refractivity contribution in [2.75, 3.05) is 12.4 Å². The molecule has 1 atom stereocenters. The lowest BCUT2D eigenvalue weighted by Crippen LogP contribution is -2.41. The van der Waals surface area contributed by atoms with Crippen LogP contribution in [0.3, 0.4) is 0 Å². The molecule has 1 heterocycles. The fourth-order valence-corrected chi connectivity index (χ4v) is 4.58. The lowest BCUT2D eigenvalue weighted by atomic mass is 10.1. The highest BCUT2D eigenvalue weighted by atomic mass is 35.5. The molecule has 0 saturated carbocycles. The van der Waals surface area contributed by atoms with Gasteiger partial charge in [-0.1, -0.05) is 24.4 Å². The second-order valence-electron chi connectivity index (χ2n) is 4.73. The second kappa shape index (κ2) is 6.44. The Bertz CT molecular complexity index is 516. The van der Waals surface area contributed by atoms with Crippen LogP contribution in [0.1, 0.15) is 25.7 Å². The van der Waals surface area contributed by atoms with E-state index in [1.54, 1.807) is 28.6 Å². The van der Waals surface area contributed by atoms with Crippen LogP contribution in [0.4, 0.5) is 0 Å². The summed E-state index contributed by atoms with van der Waals surface area (Å²) in [5.41, 5.74) is 0. The summed E-state index contributed by atoms with van der Waals surface area (Å²) in [6.45, 7) is 0.544. The topological polar surface area (TPSA) is 37.4 Å². The molecule has 0 bridgehead atoms. The molecular formula is C13H17Cl2NO2S. The molecule has 106 valence electrons. The molecule has 3 nitrogen and oxygen atoms in total. The number of hydrogen-bond acceptors (Lipinski definition) is 2. The minimum atomic E-state index is -3.47. The molecule has 0 spiro atoms. The van der Waals surface area contributed by atoms with Crippen molar-refractivity contribution in [3.8, 4) is 0 Å². The third-order valence-corrected chi connectivity index (χ3v) is 6.00. The van der Waals surface area contributed by atoms with Gasteiger partial charge in [0.15, 0.2) is 0 Å². The van der Waals surface area contributed by atoms with E-state index >= 15 is 0 Å². The lowest BCUT2D eigenvalue weighted by Gasteiger charge is -2.27. The molecule has 1 aliphatic rings. The summed E-state index contributed by atoms with van der Waals surface area (Å²) >= 11 is 11.7. The molecule has 19 heavy (non-hydrogen) atoms. The monoisotopic (exact) mass is 321 g/mol. The summed E-state index contributed by atoms with van der Waals surface area (Å²) in [7, 11) is -3.47. The van der Waals surface area contributed by atoms with Gasteiger partial charge in [0.2, 0.25) is 10.0 Å². The van der Waals surface area contributed by atoms with Crippen LogP contribution in [-0.4, -0.2) is 31.2 Å². The Hall–Kier alpha value is -0.290. The minimum absolute atomic E-state index is 0.107. The van der Waals surface area contributed by atoms with Gasteiger partial charge in [-0.3, -0.25) is 0 Å². The Morgan fingerprint density at radius 3 is 2.47 bits per heavy atom. The van der Waals surface area contributed by atoms with E-state index in [1.165, 1.54) is 0 Å². The van der Waals surface area contributed by atoms with E-state index in [9.17, 15) is 8.42 Å². The van der Waals surface area contributed by atoms with Crippen LogP contribution < -0.4 is 0 Å². The van der Waals surface area contributed by atoms with Gasteiger partial charge in [-0.15, -0.1) is 11.6 Å². The Morgan fingerprint density at radius 2 is 1.84 bits per heavy atom. The lowest BCUT2D eigenvalue weighted by molar-refractivity contribution is 0.345. The summed E-state index contributed by atoms with van der Waals surface area (Å²) in [4.78, 5) is 0.286. The molecule has 0 aliphatic carbocycles. The largest absolute Gasteiger partial charge is 0.243 e. The number of sulfonamides is 1. The van der Waals surface area contributed by atoms with E-state index in [1.807, 2.05) is 0 Å². The zero-order valence-corrected chi connectivity index (χ0v) is 12.9. The molecule has 2 rings (SSSR count). The maximum atomic E-state index is 12.6. The molecule has 0 radical (unpaired) electrons. The highest BCUT2D eigenvalue weighted by Gasteiger charge is 2.31. The third-order valence-electron chi connectivity index (χ3n) is 3.42. The van der Waals surface area contributed by atoms with Gasteiger partial charge in [0.1, 0.15) is 0 Å². The summed E-state index contributed by atoms with van der Waals surface area (Å²) in [6, 6.07) is 6.19. The van der Waals surface area contributed by atoms with Gasteiger partial charge in [0, 0.05) is 23.5 Å². The van der Waals surface area contributed by atoms with Crippen LogP contribution in [-0.2, 0) is 10.0 Å². The van der Waals surface area contributed by atoms with Crippen LogP contribution in [0.5, 0.6) is 0 Å². The fourth-order valence-electron chi connectivity index (χ4n) is 2.36. The van der Waals surface area contributed by atoms with Crippen molar-refractivity contribution in [3.05, 3.63) is 29.3 Å². The molecule has 1 aromatic rings. The molecule has 0 N–H and O–H groups in total. The van der Waals surface area contributed by atoms with E-state index in [0.29, 0.717) is 17.4 Å². The SMILES string of the molecule is O=S(=O)(c1ccc(Cl)cc1)N1CCCCCC1CCl. The molecule has 1 saturated heterocycles. The smallest absolute Gasteiger partial charge is 0.207 e. The standard InChI is InChI=1S/C13H17Cl2NO2S/c14-10-12-4-2-1-3-9-16(12)19(17,18)13-7-5-11(15)6-8-13/h5-8,12H,1-4,9-10H2. The number of rotatable bonds is 3. The van der Waals surface area contributed by atoms with Crippen molar-refractivity contribution in [3.63, 3.8) is 0 Å². The van der Waals surface area contributed by atoms with Crippen molar-refractivity contribution in [2.24, 2.45) is 0 Å². The maximum Gasteiger partial charge on any atom is 0.243 e. The minimum Gasteiger partial charge on any atom is -0.207 e. The van der Waals surface area contributed by atoms with E-state index < -0.39 is 10.0 Å². The summed E-state index contributed by atoms with van der Waals surface area (Å²) in [5.74, 6) is 0.340. The number of halogens is 2. The second-order valence-corrected chi connectivity index (χ2v) is 7.36. The van der Waals surface area contributed by atoms with Crippen LogP contribution in [0.2, 0.25) is 5.02 Å². The van der Waals surface area contributed by atoms with Gasteiger partial charge >= 0.3 is 0 Å². The Morgan fingerprint density at radius 1 is 1.16 bits per heavy atom. The first-order valence-electron chi connectivity index (χ1n) is 6.39. The Labute approximate surface area is 124 Å². The van der Waals surface area contributed by atoms with Crippen LogP contribution in [0, 0.1) is 0 Å². The number of nitrogens with zero attached hydrogens (tertiary/aromatic N) is 1. The first-order valence-corrected chi connectivity index (χ1v) is 8.74. The van der Waals surface area contributed by atoms with E-state index in [0.717, 1.165) is 25.7 Å². The average Bonchev–Trinajstić information content (AvgIpc) is 2.64. The molecule has 1 aliphatic heterocycles. The highest BCUT2D eigenvalue weighted by Crippen LogP contribution is 2.26. The van der Waals surface area contributed by atoms with Crippen LogP contribution >= 0.6 is 23.2 Å². The molecule has 1 fully saturated rings. The first-order chi connectivity index (χ1) is 9.05. The van der Waals surface area contributed by atoms with Crippen LogP contribution in [0.15, 0.2) is 29.2 Å². The number of alkyl halides is 1. The van der Waals surface area contributed by atoms with E-state index in [-0.39, 0.29) is 10.9 Å². The van der Waals surface area contributed by atoms with Gasteiger partial charge in [-0.05, 0) is 37.1 Å². The highest BCUT2D eigenvalue weighted by molar-refractivity contribution is 7.89. The van der Waals surface area contributed by atoms with Gasteiger partial charge in [0.05, 0.1) is 4.90 Å². The molecular weight excluding hydrogens is 305 g/mol. The number of benzene rings is 1. The predicted molar refractivity (Wildman–Crippen MR) is 78.3 cm³/mol. The van der Waals surface area contributed by atoms with Crippen molar-refractivity contribution < 1.29 is 8.42 Å². The molecule has 1 aromatic carbocycles. The normalized spacial score (nSPS) is 22.1. The molecule has 1 unspecified atom stereocenters. The zero-order chi connectivity index (χ0) is 13.9. The quantitative estimate of drug-likeness (QED) is 0.799. The maximum absolute atomic E-state index is 12.6. The molecule has 6 heteroatoms. The number of hydrogen-bond donors (Lipinski definition) is 0. The van der Waals surface area contributed by atoms with Crippen molar-refractivity contribution in [1.29, 1.82) is 0 Å². The van der Waals surface area contributed by atoms with Crippen molar-refractivity contribution in [2.45, 2.75) is 36.6 Å². The van der Waals surface area contributed by atoms with Crippen LogP contribution in [0.25, 0.3) is 0 Å². The zero-order valence-electron chi connectivity index (χ0n) is 10.6. The summed E-state index contributed by atoms with van der Waals surface area (Å²) in [5, 5.41) is 0.531. The van der Waals surface area contributed by atoms with Gasteiger partial charge in [-0.25, -0.2) is 8.42 Å². The van der Waals surface area contributed by atoms with Gasteiger partial charge in [0.25, 0.3) is 0 Å². The van der Waals surface area contributed by atoms with Crippen molar-refractivity contribution >= 4 is 33.2 Å². The van der Waals surface area contributed by atoms with Gasteiger partial charge < -0.3 is 0 Å². The average molecular weight is 322 g/mol. The first kappa shape index (κ1) is 15.1. The Balaban J connectivity index is 2.33. The molecule has 0 aromatic heterocycles. The Kier molecular flexibility index (Phi) is 5.12. The summed E-state index contributed by atoms with van der Waals surface area (Å²) < 4.78 is 26.8. The molecule has 0 amide bonds. The van der Waals surface area contributed by atoms with E-state index in [2.05, 4.69) is 0 Å². The van der Waals surface area contributed by atoms with Gasteiger partial charge in [-0.2, -0.15) is 4.31 Å². The third kappa shape index (κ3) is 3.43. The fraction of sp³-hybridized carbons (Fsp3) is 0.538. The predicted octanol–water partition coefficient (Wildman–Crippen LogP) is 3.51. The summed E-state index contributed by atoms with van der Waals surface area (Å²) in [6.07, 6.45) is 3.81. The van der Waals surface area contributed by atoms with E-state index in [4.69, 9.17) is 23.2 Å². The van der Waals surface area contributed by atoms with Crippen molar-refractivity contribution in [1.82, 2.24) is 4.31 Å².